The van der Waals surface area contributed by atoms with Crippen LogP contribution in [0.4, 0.5) is 4.79 Å². The molecule has 2 saturated heterocycles. The van der Waals surface area contributed by atoms with Gasteiger partial charge in [-0.15, -0.1) is 43.6 Å². The average Bonchev–Trinajstić information content (AvgIpc) is 3.83. The monoisotopic (exact) mass is 708 g/mol. The Morgan fingerprint density at radius 1 is 0.848 bits per heavy atom. The quantitative estimate of drug-likeness (QED) is 0.203. The Labute approximate surface area is 290 Å². The first-order valence-corrected chi connectivity index (χ1v) is 17.0. The molecule has 2 aromatic carbocycles. The van der Waals surface area contributed by atoms with Gasteiger partial charge in [-0.1, -0.05) is 47.5 Å². The van der Waals surface area contributed by atoms with Gasteiger partial charge in [0.05, 0.1) is 30.5 Å². The number of benzene rings is 2. The zero-order valence-corrected chi connectivity index (χ0v) is 29.3. The van der Waals surface area contributed by atoms with Gasteiger partial charge >= 0.3 is 6.09 Å². The fourth-order valence-electron chi connectivity index (χ4n) is 5.35. The second-order valence-electron chi connectivity index (χ2n) is 12.0. The molecule has 248 valence electrons. The van der Waals surface area contributed by atoms with Crippen molar-refractivity contribution < 1.29 is 9.53 Å². The number of carbonyl (C=O) groups excluding carboxylic acids is 1. The minimum Gasteiger partial charge on any atom is -0.444 e. The lowest BCUT2D eigenvalue weighted by Gasteiger charge is -2.28. The lowest BCUT2D eigenvalue weighted by atomic mass is 10.2. The molecule has 4 heterocycles. The standard InChI is InChI=1S/C18H23ClN4O2.C13H15ClN4.CH2Cl2/c1-18(2,3)25-17(24)23-10-4-5-15(23)16-21-20-12-22(16)11-13-6-8-14(19)9-7-13;14-11-5-3-10(4-6-11)8-18-9-16-17-13(18)12-2-1-7-15-12;2-1-3/h6-9,12,15H,4-5,10-11H2,1-3H3;3-6,9,12,15H,1-2,7-8H2;1H2/t15-;12-;/m11./s1. The smallest absolute Gasteiger partial charge is 0.410 e. The van der Waals surface area contributed by atoms with Crippen LogP contribution in [-0.2, 0) is 17.8 Å². The Balaban J connectivity index is 0.000000201. The van der Waals surface area contributed by atoms with E-state index >= 15 is 0 Å². The van der Waals surface area contributed by atoms with Crippen LogP contribution in [0.2, 0.25) is 10.0 Å². The van der Waals surface area contributed by atoms with Crippen molar-refractivity contribution in [1.29, 1.82) is 0 Å². The van der Waals surface area contributed by atoms with Crippen LogP contribution in [0.3, 0.4) is 0 Å². The summed E-state index contributed by atoms with van der Waals surface area (Å²) in [7, 11) is 0. The molecule has 2 fully saturated rings. The Bertz CT molecular complexity index is 1500. The van der Waals surface area contributed by atoms with E-state index in [0.29, 0.717) is 24.2 Å². The molecule has 1 amide bonds. The van der Waals surface area contributed by atoms with Crippen molar-refractivity contribution in [2.45, 2.75) is 77.2 Å². The van der Waals surface area contributed by atoms with Gasteiger partial charge in [0.1, 0.15) is 24.1 Å². The zero-order chi connectivity index (χ0) is 33.1. The van der Waals surface area contributed by atoms with Gasteiger partial charge in [-0.2, -0.15) is 0 Å². The SMILES string of the molecule is CC(C)(C)OC(=O)N1CCC[C@@H]1c1nncn1Cc1ccc(Cl)cc1.ClCCl.Clc1ccc(Cn2cnnc2[C@H]2CCCN2)cc1. The highest BCUT2D eigenvalue weighted by molar-refractivity contribution is 6.40. The molecule has 10 nitrogen and oxygen atoms in total. The highest BCUT2D eigenvalue weighted by Crippen LogP contribution is 2.32. The maximum absolute atomic E-state index is 12.5. The van der Waals surface area contributed by atoms with Gasteiger partial charge in [0.2, 0.25) is 0 Å². The Kier molecular flexibility index (Phi) is 13.5. The van der Waals surface area contributed by atoms with Crippen molar-refractivity contribution in [3.8, 4) is 0 Å². The predicted octanol–water partition coefficient (Wildman–Crippen LogP) is 7.88. The van der Waals surface area contributed by atoms with Crippen molar-refractivity contribution in [2.75, 3.05) is 18.4 Å². The molecule has 2 aromatic heterocycles. The number of alkyl halides is 2. The molecule has 4 aromatic rings. The summed E-state index contributed by atoms with van der Waals surface area (Å²) in [5.74, 6) is 1.82. The summed E-state index contributed by atoms with van der Waals surface area (Å²) < 4.78 is 9.62. The summed E-state index contributed by atoms with van der Waals surface area (Å²) in [6.07, 6.45) is 7.34. The van der Waals surface area contributed by atoms with Crippen LogP contribution in [0.25, 0.3) is 0 Å². The minimum atomic E-state index is -0.513. The Morgan fingerprint density at radius 2 is 1.37 bits per heavy atom. The highest BCUT2D eigenvalue weighted by atomic mass is 35.5. The molecule has 2 aliphatic rings. The number of halogens is 4. The number of ether oxygens (including phenoxy) is 1. The molecule has 0 aliphatic carbocycles. The van der Waals surface area contributed by atoms with E-state index in [0.717, 1.165) is 54.6 Å². The molecule has 2 atom stereocenters. The minimum absolute atomic E-state index is 0.107. The summed E-state index contributed by atoms with van der Waals surface area (Å²) in [6, 6.07) is 15.8. The van der Waals surface area contributed by atoms with E-state index in [-0.39, 0.29) is 17.5 Å². The number of carbonyl (C=O) groups is 1. The molecule has 2 aliphatic heterocycles. The van der Waals surface area contributed by atoms with Crippen LogP contribution in [-0.4, -0.2) is 64.6 Å². The van der Waals surface area contributed by atoms with Crippen molar-refractivity contribution >= 4 is 52.5 Å². The van der Waals surface area contributed by atoms with Crippen molar-refractivity contribution in [1.82, 2.24) is 39.7 Å². The summed E-state index contributed by atoms with van der Waals surface area (Å²) in [5, 5.41) is 21.7. The molecule has 46 heavy (non-hydrogen) atoms. The fourth-order valence-corrected chi connectivity index (χ4v) is 5.60. The van der Waals surface area contributed by atoms with E-state index in [9.17, 15) is 4.79 Å². The van der Waals surface area contributed by atoms with E-state index < -0.39 is 5.60 Å². The van der Waals surface area contributed by atoms with Gasteiger partial charge in [-0.05, 0) is 88.4 Å². The maximum atomic E-state index is 12.5. The molecule has 0 saturated carbocycles. The topological polar surface area (TPSA) is 103 Å². The molecule has 0 spiro atoms. The maximum Gasteiger partial charge on any atom is 0.410 e. The Morgan fingerprint density at radius 3 is 1.87 bits per heavy atom. The summed E-state index contributed by atoms with van der Waals surface area (Å²) in [4.78, 5) is 14.3. The number of likely N-dealkylation sites (tertiary alicyclic amines) is 1. The van der Waals surface area contributed by atoms with E-state index in [1.807, 2.05) is 73.9 Å². The van der Waals surface area contributed by atoms with E-state index in [1.54, 1.807) is 17.6 Å². The van der Waals surface area contributed by atoms with E-state index in [2.05, 4.69) is 30.3 Å². The number of amides is 1. The average molecular weight is 711 g/mol. The normalized spacial score (nSPS) is 17.6. The summed E-state index contributed by atoms with van der Waals surface area (Å²) in [6.45, 7) is 8.79. The van der Waals surface area contributed by atoms with Gasteiger partial charge in [-0.3, -0.25) is 4.90 Å². The van der Waals surface area contributed by atoms with Gasteiger partial charge in [0.15, 0.2) is 5.82 Å². The summed E-state index contributed by atoms with van der Waals surface area (Å²) in [5.41, 5.74) is 1.80. The molecule has 0 unspecified atom stereocenters. The van der Waals surface area contributed by atoms with Gasteiger partial charge in [0, 0.05) is 16.6 Å². The third kappa shape index (κ3) is 10.6. The number of nitrogens with zero attached hydrogens (tertiary/aromatic N) is 7. The Hall–Kier alpha value is -2.89. The number of nitrogens with one attached hydrogen (secondary N) is 1. The van der Waals surface area contributed by atoms with Crippen LogP contribution in [0.1, 0.15) is 81.3 Å². The van der Waals surface area contributed by atoms with Crippen molar-refractivity contribution in [3.05, 3.63) is 94.0 Å². The second kappa shape index (κ2) is 17.3. The van der Waals surface area contributed by atoms with Crippen LogP contribution >= 0.6 is 46.4 Å². The van der Waals surface area contributed by atoms with E-state index in [1.165, 1.54) is 12.0 Å². The highest BCUT2D eigenvalue weighted by Gasteiger charge is 2.36. The molecule has 6 rings (SSSR count). The zero-order valence-electron chi connectivity index (χ0n) is 26.3. The number of rotatable bonds is 6. The summed E-state index contributed by atoms with van der Waals surface area (Å²) >= 11 is 21.4. The molecular formula is C32H40Cl4N8O2. The first-order valence-electron chi connectivity index (χ1n) is 15.2. The van der Waals surface area contributed by atoms with Crippen molar-refractivity contribution in [3.63, 3.8) is 0 Å². The van der Waals surface area contributed by atoms with Gasteiger partial charge in [-0.25, -0.2) is 4.79 Å². The largest absolute Gasteiger partial charge is 0.444 e. The first-order chi connectivity index (χ1) is 22.1. The van der Waals surface area contributed by atoms with Gasteiger partial charge < -0.3 is 19.2 Å². The van der Waals surface area contributed by atoms with Crippen molar-refractivity contribution in [2.24, 2.45) is 0 Å². The molecule has 0 radical (unpaired) electrons. The van der Waals surface area contributed by atoms with Crippen LogP contribution in [0.15, 0.2) is 61.2 Å². The lowest BCUT2D eigenvalue weighted by Crippen LogP contribution is -2.37. The van der Waals surface area contributed by atoms with Crippen LogP contribution in [0, 0.1) is 0 Å². The van der Waals surface area contributed by atoms with E-state index in [4.69, 9.17) is 51.1 Å². The number of aromatic nitrogens is 6. The lowest BCUT2D eigenvalue weighted by molar-refractivity contribution is 0.0216. The predicted molar refractivity (Wildman–Crippen MR) is 183 cm³/mol. The number of hydrogen-bond donors (Lipinski definition) is 1. The third-order valence-corrected chi connectivity index (χ3v) is 7.88. The van der Waals surface area contributed by atoms with Gasteiger partial charge in [0.25, 0.3) is 0 Å². The van der Waals surface area contributed by atoms with Crippen LogP contribution in [0.5, 0.6) is 0 Å². The molecule has 1 N–H and O–H groups in total. The fraction of sp³-hybridized carbons (Fsp3) is 0.469. The first kappa shape index (κ1) is 36.0. The molecule has 0 bridgehead atoms. The third-order valence-electron chi connectivity index (χ3n) is 7.37. The second-order valence-corrected chi connectivity index (χ2v) is 13.6. The number of hydrogen-bond acceptors (Lipinski definition) is 7. The molecular weight excluding hydrogens is 670 g/mol. The molecule has 14 heteroatoms. The van der Waals surface area contributed by atoms with Crippen LogP contribution < -0.4 is 5.32 Å².